The van der Waals surface area contributed by atoms with Gasteiger partial charge in [-0.15, -0.1) is 0 Å². The Labute approximate surface area is 205 Å². The van der Waals surface area contributed by atoms with Gasteiger partial charge in [-0.25, -0.2) is 9.18 Å². The molecule has 0 spiro atoms. The van der Waals surface area contributed by atoms with Gasteiger partial charge in [0.2, 0.25) is 0 Å². The molecule has 2 aromatic heterocycles. The minimum absolute atomic E-state index is 0.0778. The number of carbonyl (C=O) groups is 2. The van der Waals surface area contributed by atoms with Crippen molar-refractivity contribution in [3.8, 4) is 5.75 Å². The molecule has 4 rings (SSSR count). The molecule has 1 N–H and O–H groups in total. The largest absolute Gasteiger partial charge is 0.486 e. The first kappa shape index (κ1) is 24.0. The van der Waals surface area contributed by atoms with E-state index in [1.807, 2.05) is 0 Å². The first-order chi connectivity index (χ1) is 16.8. The highest BCUT2D eigenvalue weighted by atomic mass is 35.5. The van der Waals surface area contributed by atoms with E-state index in [1.54, 1.807) is 54.1 Å². The molecule has 4 aromatic rings. The molecule has 0 atom stereocenters. The van der Waals surface area contributed by atoms with Gasteiger partial charge in [0.05, 0.1) is 19.2 Å². The van der Waals surface area contributed by atoms with Crippen LogP contribution in [0.3, 0.4) is 0 Å². The van der Waals surface area contributed by atoms with Gasteiger partial charge in [0.1, 0.15) is 23.9 Å². The highest BCUT2D eigenvalue weighted by Crippen LogP contribution is 2.22. The zero-order valence-corrected chi connectivity index (χ0v) is 19.6. The summed E-state index contributed by atoms with van der Waals surface area (Å²) in [5.74, 6) is -0.0303. The summed E-state index contributed by atoms with van der Waals surface area (Å²) in [4.78, 5) is 24.1. The van der Waals surface area contributed by atoms with Gasteiger partial charge in [-0.05, 0) is 55.5 Å². The fourth-order valence-electron chi connectivity index (χ4n) is 3.28. The number of amides is 1. The van der Waals surface area contributed by atoms with Crippen LogP contribution in [-0.4, -0.2) is 28.8 Å². The lowest BCUT2D eigenvalue weighted by Crippen LogP contribution is -2.12. The Bertz CT molecular complexity index is 1340. The first-order valence-corrected chi connectivity index (χ1v) is 10.9. The van der Waals surface area contributed by atoms with Gasteiger partial charge < -0.3 is 19.2 Å². The Balaban J connectivity index is 1.36. The summed E-state index contributed by atoms with van der Waals surface area (Å²) in [6, 6.07) is 15.7. The Morgan fingerprint density at radius 1 is 1.14 bits per heavy atom. The zero-order valence-electron chi connectivity index (χ0n) is 18.9. The smallest absolute Gasteiger partial charge is 0.337 e. The third-order valence-corrected chi connectivity index (χ3v) is 5.49. The molecule has 10 heteroatoms. The molecule has 0 unspecified atom stereocenters. The van der Waals surface area contributed by atoms with Crippen LogP contribution in [0.5, 0.6) is 5.75 Å². The number of esters is 1. The van der Waals surface area contributed by atoms with Crippen molar-refractivity contribution in [2.75, 3.05) is 12.4 Å². The Morgan fingerprint density at radius 2 is 1.91 bits per heavy atom. The van der Waals surface area contributed by atoms with Crippen LogP contribution in [0.2, 0.25) is 5.02 Å². The molecule has 180 valence electrons. The molecular formula is C25H21ClFN3O5. The predicted molar refractivity (Wildman–Crippen MR) is 126 cm³/mol. The number of nitrogens with one attached hydrogen (secondary N) is 1. The number of aromatic nitrogens is 2. The number of hydrogen-bond donors (Lipinski definition) is 1. The maximum atomic E-state index is 14.1. The monoisotopic (exact) mass is 497 g/mol. The van der Waals surface area contributed by atoms with Gasteiger partial charge >= 0.3 is 5.97 Å². The first-order valence-electron chi connectivity index (χ1n) is 10.5. The summed E-state index contributed by atoms with van der Waals surface area (Å²) >= 11 is 6.10. The molecule has 8 nitrogen and oxygen atoms in total. The standard InChI is InChI=1S/C25H21ClFN3O5/c1-15-12-23(29-30(15)13-19-20(26)4-3-5-21(19)27)28-24(31)22-11-10-18(35-22)14-34-17-8-6-16(7-9-17)25(32)33-2/h3-12H,13-14H2,1-2H3,(H,28,29,31). The van der Waals surface area contributed by atoms with Crippen LogP contribution in [-0.2, 0) is 17.9 Å². The van der Waals surface area contributed by atoms with Crippen molar-refractivity contribution in [3.05, 3.63) is 99.8 Å². The number of nitrogens with zero attached hydrogens (tertiary/aromatic N) is 2. The van der Waals surface area contributed by atoms with Gasteiger partial charge in [-0.2, -0.15) is 5.10 Å². The topological polar surface area (TPSA) is 95.6 Å². The number of furan rings is 1. The minimum atomic E-state index is -0.493. The Kier molecular flexibility index (Phi) is 7.17. The maximum Gasteiger partial charge on any atom is 0.337 e. The SMILES string of the molecule is COC(=O)c1ccc(OCc2ccc(C(=O)Nc3cc(C)n(Cc4c(F)cccc4Cl)n3)o2)cc1. The number of methoxy groups -OCH3 is 1. The van der Waals surface area contributed by atoms with Gasteiger partial charge in [0.25, 0.3) is 5.91 Å². The number of anilines is 1. The molecule has 0 saturated heterocycles. The van der Waals surface area contributed by atoms with E-state index in [0.29, 0.717) is 39.2 Å². The van der Waals surface area contributed by atoms with E-state index in [9.17, 15) is 14.0 Å². The van der Waals surface area contributed by atoms with Crippen molar-refractivity contribution in [2.45, 2.75) is 20.1 Å². The second kappa shape index (κ2) is 10.4. The average Bonchev–Trinajstić information content (AvgIpc) is 3.46. The van der Waals surface area contributed by atoms with E-state index >= 15 is 0 Å². The normalized spacial score (nSPS) is 10.7. The van der Waals surface area contributed by atoms with E-state index in [1.165, 1.54) is 25.3 Å². The molecule has 2 heterocycles. The zero-order chi connectivity index (χ0) is 24.9. The van der Waals surface area contributed by atoms with E-state index < -0.39 is 17.7 Å². The second-order valence-electron chi connectivity index (χ2n) is 7.55. The molecule has 2 aromatic carbocycles. The van der Waals surface area contributed by atoms with Crippen molar-refractivity contribution >= 4 is 29.3 Å². The predicted octanol–water partition coefficient (Wildman–Crippen LogP) is 5.24. The van der Waals surface area contributed by atoms with Crippen LogP contribution in [0.4, 0.5) is 10.2 Å². The van der Waals surface area contributed by atoms with E-state index in [4.69, 9.17) is 20.8 Å². The molecule has 0 aliphatic carbocycles. The number of ether oxygens (including phenoxy) is 2. The molecule has 0 aliphatic rings. The summed E-state index contributed by atoms with van der Waals surface area (Å²) in [6.07, 6.45) is 0. The van der Waals surface area contributed by atoms with Crippen molar-refractivity contribution in [2.24, 2.45) is 0 Å². The molecule has 0 bridgehead atoms. The summed E-state index contributed by atoms with van der Waals surface area (Å²) in [6.45, 7) is 2.00. The Hall–Kier alpha value is -4.11. The van der Waals surface area contributed by atoms with Crippen molar-refractivity contribution < 1.29 is 27.9 Å². The summed E-state index contributed by atoms with van der Waals surface area (Å²) in [5, 5.41) is 7.29. The van der Waals surface area contributed by atoms with Crippen LogP contribution < -0.4 is 10.1 Å². The highest BCUT2D eigenvalue weighted by molar-refractivity contribution is 6.31. The van der Waals surface area contributed by atoms with Crippen LogP contribution in [0.25, 0.3) is 0 Å². The molecule has 1 amide bonds. The number of aryl methyl sites for hydroxylation is 1. The number of rotatable bonds is 8. The fraction of sp³-hybridized carbons (Fsp3) is 0.160. The van der Waals surface area contributed by atoms with Gasteiger partial charge in [-0.3, -0.25) is 9.48 Å². The maximum absolute atomic E-state index is 14.1. The molecule has 0 aliphatic heterocycles. The number of halogens is 2. The van der Waals surface area contributed by atoms with Crippen LogP contribution in [0.15, 0.2) is 65.1 Å². The summed E-state index contributed by atoms with van der Waals surface area (Å²) < 4.78 is 31.5. The molecule has 0 fully saturated rings. The number of hydrogen-bond acceptors (Lipinski definition) is 6. The highest BCUT2D eigenvalue weighted by Gasteiger charge is 2.16. The van der Waals surface area contributed by atoms with Crippen LogP contribution in [0.1, 0.15) is 37.9 Å². The minimum Gasteiger partial charge on any atom is -0.486 e. The van der Waals surface area contributed by atoms with E-state index in [-0.39, 0.29) is 18.9 Å². The van der Waals surface area contributed by atoms with Gasteiger partial charge in [0.15, 0.2) is 11.6 Å². The fourth-order valence-corrected chi connectivity index (χ4v) is 3.50. The third kappa shape index (κ3) is 5.70. The summed E-state index contributed by atoms with van der Waals surface area (Å²) in [5.41, 5.74) is 1.44. The van der Waals surface area contributed by atoms with Crippen molar-refractivity contribution in [3.63, 3.8) is 0 Å². The quantitative estimate of drug-likeness (QED) is 0.334. The molecule has 0 radical (unpaired) electrons. The lowest BCUT2D eigenvalue weighted by molar-refractivity contribution is 0.0600. The number of benzene rings is 2. The third-order valence-electron chi connectivity index (χ3n) is 5.13. The molecule has 35 heavy (non-hydrogen) atoms. The van der Waals surface area contributed by atoms with Crippen molar-refractivity contribution in [1.29, 1.82) is 0 Å². The van der Waals surface area contributed by atoms with E-state index in [2.05, 4.69) is 15.2 Å². The van der Waals surface area contributed by atoms with E-state index in [0.717, 1.165) is 0 Å². The van der Waals surface area contributed by atoms with Gasteiger partial charge in [-0.1, -0.05) is 17.7 Å². The second-order valence-corrected chi connectivity index (χ2v) is 7.96. The van der Waals surface area contributed by atoms with Crippen LogP contribution >= 0.6 is 11.6 Å². The lowest BCUT2D eigenvalue weighted by atomic mass is 10.2. The molecular weight excluding hydrogens is 477 g/mol. The molecule has 0 saturated carbocycles. The van der Waals surface area contributed by atoms with Crippen molar-refractivity contribution in [1.82, 2.24) is 9.78 Å². The Morgan fingerprint density at radius 3 is 2.63 bits per heavy atom. The lowest BCUT2D eigenvalue weighted by Gasteiger charge is -2.07. The van der Waals surface area contributed by atoms with Gasteiger partial charge in [0, 0.05) is 22.3 Å². The summed E-state index contributed by atoms with van der Waals surface area (Å²) in [7, 11) is 1.31. The number of carbonyl (C=O) groups excluding carboxylic acids is 2. The average molecular weight is 498 g/mol. The van der Waals surface area contributed by atoms with Crippen LogP contribution in [0, 0.1) is 12.7 Å².